The second-order valence-electron chi connectivity index (χ2n) is 5.91. The zero-order valence-corrected chi connectivity index (χ0v) is 14.9. The van der Waals surface area contributed by atoms with Crippen molar-refractivity contribution in [2.75, 3.05) is 4.72 Å². The number of benzene rings is 2. The average Bonchev–Trinajstić information content (AvgIpc) is 3.12. The molecule has 0 spiro atoms. The molecule has 0 aliphatic rings. The Morgan fingerprint density at radius 1 is 1.00 bits per heavy atom. The zero-order valence-electron chi connectivity index (χ0n) is 14.1. The van der Waals surface area contributed by atoms with Crippen LogP contribution in [0, 0.1) is 11.3 Å². The fourth-order valence-corrected chi connectivity index (χ4v) is 3.79. The third-order valence-electron chi connectivity index (χ3n) is 4.07. The molecule has 2 aromatic heterocycles. The Hall–Kier alpha value is -3.63. The van der Waals surface area contributed by atoms with E-state index in [-0.39, 0.29) is 4.90 Å². The number of fused-ring (bicyclic) bond motifs is 1. The molecule has 7 heteroatoms. The highest BCUT2D eigenvalue weighted by atomic mass is 32.2. The van der Waals surface area contributed by atoms with E-state index in [1.54, 1.807) is 18.2 Å². The minimum Gasteiger partial charge on any atom is -0.306 e. The van der Waals surface area contributed by atoms with E-state index >= 15 is 0 Å². The second-order valence-corrected chi connectivity index (χ2v) is 7.60. The first-order chi connectivity index (χ1) is 13.0. The maximum atomic E-state index is 12.6. The van der Waals surface area contributed by atoms with Gasteiger partial charge in [0.15, 0.2) is 0 Å². The Kier molecular flexibility index (Phi) is 4.11. The van der Waals surface area contributed by atoms with Gasteiger partial charge >= 0.3 is 0 Å². The summed E-state index contributed by atoms with van der Waals surface area (Å²) in [6.07, 6.45) is 3.80. The summed E-state index contributed by atoms with van der Waals surface area (Å²) in [7, 11) is -3.75. The fraction of sp³-hybridized carbons (Fsp3) is 0. The topological polar surface area (TPSA) is 87.3 Å². The van der Waals surface area contributed by atoms with Gasteiger partial charge in [-0.2, -0.15) is 5.26 Å². The summed E-state index contributed by atoms with van der Waals surface area (Å²) in [6, 6.07) is 20.5. The molecule has 4 aromatic rings. The van der Waals surface area contributed by atoms with Crippen molar-refractivity contribution in [2.45, 2.75) is 4.90 Å². The molecule has 0 amide bonds. The molecule has 0 saturated carbocycles. The molecule has 0 unspecified atom stereocenters. The fourth-order valence-electron chi connectivity index (χ4n) is 2.74. The smallest absolute Gasteiger partial charge is 0.261 e. The Bertz CT molecular complexity index is 1240. The van der Waals surface area contributed by atoms with Gasteiger partial charge in [-0.1, -0.05) is 18.2 Å². The molecule has 0 fully saturated rings. The summed E-state index contributed by atoms with van der Waals surface area (Å²) in [6.45, 7) is 0. The van der Waals surface area contributed by atoms with Crippen molar-refractivity contribution in [3.8, 4) is 17.3 Å². The predicted molar refractivity (Wildman–Crippen MR) is 103 cm³/mol. The number of nitrogens with one attached hydrogen (secondary N) is 1. The standard InChI is InChI=1S/C20H14N4O2S/c21-13-15-7-9-18(10-8-15)27(25,26)23-17-5-3-4-16(12-17)19-14-24-11-2-1-6-20(24)22-19/h1-12,14,23H. The highest BCUT2D eigenvalue weighted by Gasteiger charge is 2.15. The summed E-state index contributed by atoms with van der Waals surface area (Å²) >= 11 is 0. The molecule has 0 atom stereocenters. The first-order valence-electron chi connectivity index (χ1n) is 8.12. The van der Waals surface area contributed by atoms with E-state index in [0.29, 0.717) is 11.3 Å². The number of hydrogen-bond acceptors (Lipinski definition) is 4. The summed E-state index contributed by atoms with van der Waals surface area (Å²) in [5, 5.41) is 8.84. The van der Waals surface area contributed by atoms with Gasteiger partial charge in [0.2, 0.25) is 0 Å². The van der Waals surface area contributed by atoms with Crippen molar-refractivity contribution >= 4 is 21.4 Å². The number of rotatable bonds is 4. The Labute approximate surface area is 156 Å². The number of pyridine rings is 1. The highest BCUT2D eigenvalue weighted by Crippen LogP contribution is 2.24. The maximum Gasteiger partial charge on any atom is 0.261 e. The summed E-state index contributed by atoms with van der Waals surface area (Å²) in [5.74, 6) is 0. The van der Waals surface area contributed by atoms with Crippen molar-refractivity contribution in [1.29, 1.82) is 5.26 Å². The minimum absolute atomic E-state index is 0.0969. The molecular formula is C20H14N4O2S. The molecule has 1 N–H and O–H groups in total. The summed E-state index contributed by atoms with van der Waals surface area (Å²) in [4.78, 5) is 4.65. The van der Waals surface area contributed by atoms with Crippen molar-refractivity contribution in [3.05, 3.63) is 84.7 Å². The minimum atomic E-state index is -3.75. The van der Waals surface area contributed by atoms with Gasteiger partial charge in [-0.15, -0.1) is 0 Å². The quantitative estimate of drug-likeness (QED) is 0.590. The van der Waals surface area contributed by atoms with Gasteiger partial charge in [0, 0.05) is 23.6 Å². The SMILES string of the molecule is N#Cc1ccc(S(=O)(=O)Nc2cccc(-c3cn4ccccc4n3)c2)cc1. The molecule has 0 bridgehead atoms. The van der Waals surface area contributed by atoms with Crippen LogP contribution in [0.4, 0.5) is 5.69 Å². The molecule has 2 aromatic carbocycles. The van der Waals surface area contributed by atoms with Crippen LogP contribution in [0.1, 0.15) is 5.56 Å². The lowest BCUT2D eigenvalue weighted by Gasteiger charge is -2.09. The molecule has 0 radical (unpaired) electrons. The average molecular weight is 374 g/mol. The lowest BCUT2D eigenvalue weighted by atomic mass is 10.1. The van der Waals surface area contributed by atoms with Crippen molar-refractivity contribution in [1.82, 2.24) is 9.38 Å². The van der Waals surface area contributed by atoms with Crippen LogP contribution in [0.25, 0.3) is 16.9 Å². The van der Waals surface area contributed by atoms with Crippen LogP contribution < -0.4 is 4.72 Å². The van der Waals surface area contributed by atoms with Gasteiger partial charge in [-0.05, 0) is 48.5 Å². The van der Waals surface area contributed by atoms with Crippen LogP contribution in [-0.2, 0) is 10.0 Å². The first-order valence-corrected chi connectivity index (χ1v) is 9.61. The normalized spacial score (nSPS) is 11.2. The number of hydrogen-bond donors (Lipinski definition) is 1. The summed E-state index contributed by atoms with van der Waals surface area (Å²) in [5.41, 5.74) is 3.21. The molecule has 0 saturated heterocycles. The molecule has 2 heterocycles. The number of imidazole rings is 1. The van der Waals surface area contributed by atoms with E-state index in [4.69, 9.17) is 5.26 Å². The molecule has 27 heavy (non-hydrogen) atoms. The van der Waals surface area contributed by atoms with Gasteiger partial charge < -0.3 is 4.40 Å². The van der Waals surface area contributed by atoms with Gasteiger partial charge in [0.05, 0.1) is 22.2 Å². The Balaban J connectivity index is 1.65. The highest BCUT2D eigenvalue weighted by molar-refractivity contribution is 7.92. The van der Waals surface area contributed by atoms with Crippen LogP contribution in [-0.4, -0.2) is 17.8 Å². The van der Waals surface area contributed by atoms with Crippen LogP contribution in [0.2, 0.25) is 0 Å². The number of sulfonamides is 1. The lowest BCUT2D eigenvalue weighted by Crippen LogP contribution is -2.12. The maximum absolute atomic E-state index is 12.6. The van der Waals surface area contributed by atoms with E-state index in [1.807, 2.05) is 47.1 Å². The lowest BCUT2D eigenvalue weighted by molar-refractivity contribution is 0.601. The van der Waals surface area contributed by atoms with E-state index < -0.39 is 10.0 Å². The van der Waals surface area contributed by atoms with Gasteiger partial charge in [0.1, 0.15) is 5.65 Å². The number of aromatic nitrogens is 2. The van der Waals surface area contributed by atoms with Crippen LogP contribution >= 0.6 is 0 Å². The number of nitrogens with zero attached hydrogens (tertiary/aromatic N) is 3. The van der Waals surface area contributed by atoms with Gasteiger partial charge in [-0.25, -0.2) is 13.4 Å². The largest absolute Gasteiger partial charge is 0.306 e. The molecule has 6 nitrogen and oxygen atoms in total. The van der Waals surface area contributed by atoms with E-state index in [0.717, 1.165) is 16.9 Å². The Morgan fingerprint density at radius 3 is 2.56 bits per heavy atom. The third kappa shape index (κ3) is 3.38. The molecule has 0 aliphatic heterocycles. The zero-order chi connectivity index (χ0) is 18.9. The first kappa shape index (κ1) is 16.8. The van der Waals surface area contributed by atoms with Crippen LogP contribution in [0.15, 0.2) is 84.0 Å². The number of anilines is 1. The van der Waals surface area contributed by atoms with Gasteiger partial charge in [-0.3, -0.25) is 4.72 Å². The van der Waals surface area contributed by atoms with Crippen LogP contribution in [0.3, 0.4) is 0 Å². The Morgan fingerprint density at radius 2 is 1.81 bits per heavy atom. The van der Waals surface area contributed by atoms with Crippen molar-refractivity contribution in [3.63, 3.8) is 0 Å². The predicted octanol–water partition coefficient (Wildman–Crippen LogP) is 3.67. The molecule has 132 valence electrons. The molecular weight excluding hydrogens is 360 g/mol. The van der Waals surface area contributed by atoms with E-state index in [9.17, 15) is 8.42 Å². The summed E-state index contributed by atoms with van der Waals surface area (Å²) < 4.78 is 29.6. The van der Waals surface area contributed by atoms with E-state index in [1.165, 1.54) is 24.3 Å². The third-order valence-corrected chi connectivity index (χ3v) is 5.47. The molecule has 4 rings (SSSR count). The molecule has 0 aliphatic carbocycles. The van der Waals surface area contributed by atoms with Crippen LogP contribution in [0.5, 0.6) is 0 Å². The van der Waals surface area contributed by atoms with Gasteiger partial charge in [0.25, 0.3) is 10.0 Å². The number of nitriles is 1. The monoisotopic (exact) mass is 374 g/mol. The van der Waals surface area contributed by atoms with Crippen molar-refractivity contribution < 1.29 is 8.42 Å². The second kappa shape index (κ2) is 6.59. The van der Waals surface area contributed by atoms with Crippen molar-refractivity contribution in [2.24, 2.45) is 0 Å². The van der Waals surface area contributed by atoms with E-state index in [2.05, 4.69) is 9.71 Å².